The Hall–Kier alpha value is -2.60. The topological polar surface area (TPSA) is 61.6 Å². The molecule has 0 aromatic heterocycles. The lowest BCUT2D eigenvalue weighted by Crippen LogP contribution is -2.44. The number of nitro groups is 1. The number of nitrogens with one attached hydrogen (secondary N) is 1. The highest BCUT2D eigenvalue weighted by Crippen LogP contribution is 2.32. The minimum absolute atomic E-state index is 0.0114. The maximum Gasteiger partial charge on any atom is 0.292 e. The van der Waals surface area contributed by atoms with Crippen LogP contribution in [-0.4, -0.2) is 43.0 Å². The fourth-order valence-corrected chi connectivity index (χ4v) is 3.12. The highest BCUT2D eigenvalue weighted by atomic mass is 16.6. The van der Waals surface area contributed by atoms with Crippen LogP contribution in [0.5, 0.6) is 0 Å². The average Bonchev–Trinajstić information content (AvgIpc) is 2.63. The van der Waals surface area contributed by atoms with E-state index in [1.54, 1.807) is 6.07 Å². The van der Waals surface area contributed by atoms with Gasteiger partial charge in [-0.05, 0) is 31.7 Å². The van der Waals surface area contributed by atoms with Crippen molar-refractivity contribution in [2.75, 3.05) is 43.4 Å². The largest absolute Gasteiger partial charge is 0.373 e. The number of likely N-dealkylation sites (N-methyl/N-ethyl adjacent to an activating group) is 1. The van der Waals surface area contributed by atoms with E-state index in [0.29, 0.717) is 5.69 Å². The molecule has 0 saturated carbocycles. The Morgan fingerprint density at radius 2 is 1.76 bits per heavy atom. The number of hydrogen-bond donors (Lipinski definition) is 1. The van der Waals surface area contributed by atoms with Crippen molar-refractivity contribution in [2.45, 2.75) is 13.0 Å². The van der Waals surface area contributed by atoms with Gasteiger partial charge in [-0.2, -0.15) is 0 Å². The van der Waals surface area contributed by atoms with Crippen LogP contribution < -0.4 is 10.2 Å². The Bertz CT molecular complexity index is 727. The molecule has 1 heterocycles. The fourth-order valence-electron chi connectivity index (χ4n) is 3.12. The molecule has 0 unspecified atom stereocenters. The minimum Gasteiger partial charge on any atom is -0.373 e. The van der Waals surface area contributed by atoms with Gasteiger partial charge in [0.15, 0.2) is 0 Å². The first kappa shape index (κ1) is 17.2. The third-order valence-corrected chi connectivity index (χ3v) is 4.72. The van der Waals surface area contributed by atoms with E-state index in [2.05, 4.69) is 22.2 Å². The summed E-state index contributed by atoms with van der Waals surface area (Å²) in [5, 5.41) is 14.7. The minimum atomic E-state index is -0.326. The van der Waals surface area contributed by atoms with E-state index in [0.717, 1.165) is 37.4 Å². The zero-order valence-electron chi connectivity index (χ0n) is 14.7. The molecule has 3 rings (SSSR count). The lowest BCUT2D eigenvalue weighted by molar-refractivity contribution is -0.384. The predicted octanol–water partition coefficient (Wildman–Crippen LogP) is 3.52. The first-order chi connectivity index (χ1) is 12.0. The molecule has 0 spiro atoms. The van der Waals surface area contributed by atoms with Gasteiger partial charge < -0.3 is 15.1 Å². The molecule has 1 aliphatic rings. The fraction of sp³-hybridized carbons (Fsp3) is 0.368. The van der Waals surface area contributed by atoms with Crippen molar-refractivity contribution in [3.8, 4) is 0 Å². The molecule has 25 heavy (non-hydrogen) atoms. The molecule has 1 N–H and O–H groups in total. The van der Waals surface area contributed by atoms with Gasteiger partial charge in [0.25, 0.3) is 5.69 Å². The molecule has 1 aliphatic heterocycles. The highest BCUT2D eigenvalue weighted by molar-refractivity contribution is 5.69. The van der Waals surface area contributed by atoms with Crippen molar-refractivity contribution in [1.82, 2.24) is 4.90 Å². The lowest BCUT2D eigenvalue weighted by Gasteiger charge is -2.34. The molecular weight excluding hydrogens is 316 g/mol. The van der Waals surface area contributed by atoms with E-state index in [1.165, 1.54) is 0 Å². The van der Waals surface area contributed by atoms with Crippen LogP contribution in [-0.2, 0) is 0 Å². The molecule has 1 atom stereocenters. The first-order valence-electron chi connectivity index (χ1n) is 8.58. The SMILES string of the molecule is C[C@@H](Nc1cc(N2CCN(C)CC2)ccc1[N+](=O)[O-])c1ccccc1. The maximum atomic E-state index is 11.4. The molecule has 0 bridgehead atoms. The second-order valence-electron chi connectivity index (χ2n) is 6.53. The third kappa shape index (κ3) is 4.09. The van der Waals surface area contributed by atoms with Gasteiger partial charge in [-0.15, -0.1) is 0 Å². The van der Waals surface area contributed by atoms with Crippen molar-refractivity contribution in [3.63, 3.8) is 0 Å². The third-order valence-electron chi connectivity index (χ3n) is 4.72. The standard InChI is InChI=1S/C19H24N4O2/c1-15(16-6-4-3-5-7-16)20-18-14-17(8-9-19(18)23(24)25)22-12-10-21(2)11-13-22/h3-9,14-15,20H,10-13H2,1-2H3/t15-/m1/s1. The summed E-state index contributed by atoms with van der Waals surface area (Å²) in [6.07, 6.45) is 0. The van der Waals surface area contributed by atoms with Crippen LogP contribution in [0.2, 0.25) is 0 Å². The Morgan fingerprint density at radius 3 is 2.40 bits per heavy atom. The number of nitrogens with zero attached hydrogens (tertiary/aromatic N) is 3. The zero-order chi connectivity index (χ0) is 17.8. The van der Waals surface area contributed by atoms with E-state index in [9.17, 15) is 10.1 Å². The van der Waals surface area contributed by atoms with E-state index in [1.807, 2.05) is 49.4 Å². The molecule has 2 aromatic carbocycles. The average molecular weight is 340 g/mol. The summed E-state index contributed by atoms with van der Waals surface area (Å²) in [5.74, 6) is 0. The molecule has 1 saturated heterocycles. The predicted molar refractivity (Wildman–Crippen MR) is 101 cm³/mol. The molecule has 132 valence electrons. The molecule has 2 aromatic rings. The molecule has 6 heteroatoms. The Labute approximate surface area is 148 Å². The quantitative estimate of drug-likeness (QED) is 0.666. The number of benzene rings is 2. The van der Waals surface area contributed by atoms with Crippen LogP contribution >= 0.6 is 0 Å². The number of rotatable bonds is 5. The van der Waals surface area contributed by atoms with Gasteiger partial charge in [-0.25, -0.2) is 0 Å². The number of anilines is 2. The molecule has 0 radical (unpaired) electrons. The van der Waals surface area contributed by atoms with Crippen molar-refractivity contribution < 1.29 is 4.92 Å². The Morgan fingerprint density at radius 1 is 1.08 bits per heavy atom. The summed E-state index contributed by atoms with van der Waals surface area (Å²) < 4.78 is 0. The van der Waals surface area contributed by atoms with Gasteiger partial charge in [0.2, 0.25) is 0 Å². The van der Waals surface area contributed by atoms with Crippen LogP contribution in [0.4, 0.5) is 17.1 Å². The van der Waals surface area contributed by atoms with Gasteiger partial charge in [0, 0.05) is 44.0 Å². The molecule has 0 amide bonds. The number of nitro benzene ring substituents is 1. The highest BCUT2D eigenvalue weighted by Gasteiger charge is 2.20. The molecule has 1 fully saturated rings. The summed E-state index contributed by atoms with van der Waals surface area (Å²) in [5.41, 5.74) is 2.81. The van der Waals surface area contributed by atoms with Gasteiger partial charge >= 0.3 is 0 Å². The summed E-state index contributed by atoms with van der Waals surface area (Å²) >= 11 is 0. The summed E-state index contributed by atoms with van der Waals surface area (Å²) in [4.78, 5) is 15.7. The van der Waals surface area contributed by atoms with Crippen molar-refractivity contribution >= 4 is 17.1 Å². The van der Waals surface area contributed by atoms with Gasteiger partial charge in [0.05, 0.1) is 4.92 Å². The lowest BCUT2D eigenvalue weighted by atomic mass is 10.1. The smallest absolute Gasteiger partial charge is 0.292 e. The van der Waals surface area contributed by atoms with Crippen molar-refractivity contribution in [2.24, 2.45) is 0 Å². The van der Waals surface area contributed by atoms with Gasteiger partial charge in [0.1, 0.15) is 5.69 Å². The van der Waals surface area contributed by atoms with Crippen LogP contribution in [0.25, 0.3) is 0 Å². The normalized spacial score (nSPS) is 16.5. The summed E-state index contributed by atoms with van der Waals surface area (Å²) in [6.45, 7) is 5.88. The molecule has 0 aliphatic carbocycles. The Balaban J connectivity index is 1.85. The monoisotopic (exact) mass is 340 g/mol. The molecule has 6 nitrogen and oxygen atoms in total. The van der Waals surface area contributed by atoms with Gasteiger partial charge in [-0.1, -0.05) is 30.3 Å². The number of hydrogen-bond acceptors (Lipinski definition) is 5. The first-order valence-corrected chi connectivity index (χ1v) is 8.58. The van der Waals surface area contributed by atoms with Gasteiger partial charge in [-0.3, -0.25) is 10.1 Å². The van der Waals surface area contributed by atoms with Crippen LogP contribution in [0.1, 0.15) is 18.5 Å². The van der Waals surface area contributed by atoms with E-state index >= 15 is 0 Å². The van der Waals surface area contributed by atoms with E-state index < -0.39 is 0 Å². The zero-order valence-corrected chi connectivity index (χ0v) is 14.7. The van der Waals surface area contributed by atoms with E-state index in [4.69, 9.17) is 0 Å². The van der Waals surface area contributed by atoms with Crippen LogP contribution in [0.3, 0.4) is 0 Å². The van der Waals surface area contributed by atoms with Crippen molar-refractivity contribution in [3.05, 3.63) is 64.2 Å². The second-order valence-corrected chi connectivity index (χ2v) is 6.53. The second kappa shape index (κ2) is 7.53. The maximum absolute atomic E-state index is 11.4. The van der Waals surface area contributed by atoms with Crippen LogP contribution in [0.15, 0.2) is 48.5 Å². The Kier molecular flexibility index (Phi) is 5.19. The summed E-state index contributed by atoms with van der Waals surface area (Å²) in [6, 6.07) is 15.3. The number of piperazine rings is 1. The summed E-state index contributed by atoms with van der Waals surface area (Å²) in [7, 11) is 2.11. The molecular formula is C19H24N4O2. The van der Waals surface area contributed by atoms with Crippen LogP contribution in [0, 0.1) is 10.1 Å². The van der Waals surface area contributed by atoms with Crippen molar-refractivity contribution in [1.29, 1.82) is 0 Å². The van der Waals surface area contributed by atoms with E-state index in [-0.39, 0.29) is 16.7 Å².